The molecule has 0 aliphatic rings. The van der Waals surface area contributed by atoms with Crippen molar-refractivity contribution in [2.75, 3.05) is 11.9 Å². The first-order valence-electron chi connectivity index (χ1n) is 7.16. The third kappa shape index (κ3) is 4.14. The van der Waals surface area contributed by atoms with Gasteiger partial charge in [-0.05, 0) is 29.3 Å². The van der Waals surface area contributed by atoms with Crippen LogP contribution in [0, 0.1) is 0 Å². The molecule has 0 saturated carbocycles. The van der Waals surface area contributed by atoms with Crippen LogP contribution in [0.1, 0.15) is 0 Å². The number of rotatable bonds is 5. The van der Waals surface area contributed by atoms with E-state index in [1.54, 1.807) is 18.5 Å². The van der Waals surface area contributed by atoms with Gasteiger partial charge in [-0.2, -0.15) is 0 Å². The highest BCUT2D eigenvalue weighted by Crippen LogP contribution is 2.21. The minimum Gasteiger partial charge on any atom is -0.484 e. The van der Waals surface area contributed by atoms with E-state index in [4.69, 9.17) is 4.74 Å². The Morgan fingerprint density at radius 1 is 0.870 bits per heavy atom. The van der Waals surface area contributed by atoms with E-state index in [-0.39, 0.29) is 18.5 Å². The van der Waals surface area contributed by atoms with Gasteiger partial charge in [0.25, 0.3) is 5.91 Å². The monoisotopic (exact) mass is 305 g/mol. The standard InChI is InChI=1S/C18H15N3O2/c22-17(21-18-19-11-4-12-20-18)13-23-16-9-7-15(8-10-16)14-5-2-1-3-6-14/h1-12H,13H2,(H,19,20,21,22). The molecular weight excluding hydrogens is 290 g/mol. The summed E-state index contributed by atoms with van der Waals surface area (Å²) in [6, 6.07) is 19.4. The lowest BCUT2D eigenvalue weighted by atomic mass is 10.1. The lowest BCUT2D eigenvalue weighted by Crippen LogP contribution is -2.21. The van der Waals surface area contributed by atoms with Gasteiger partial charge in [0, 0.05) is 12.4 Å². The van der Waals surface area contributed by atoms with E-state index in [0.717, 1.165) is 11.1 Å². The van der Waals surface area contributed by atoms with E-state index in [9.17, 15) is 4.79 Å². The van der Waals surface area contributed by atoms with Gasteiger partial charge >= 0.3 is 0 Å². The minimum atomic E-state index is -0.302. The van der Waals surface area contributed by atoms with Gasteiger partial charge in [-0.3, -0.25) is 10.1 Å². The third-order valence-corrected chi connectivity index (χ3v) is 3.15. The average molecular weight is 305 g/mol. The lowest BCUT2D eigenvalue weighted by molar-refractivity contribution is -0.118. The summed E-state index contributed by atoms with van der Waals surface area (Å²) in [6.07, 6.45) is 3.12. The highest BCUT2D eigenvalue weighted by atomic mass is 16.5. The van der Waals surface area contributed by atoms with Crippen molar-refractivity contribution in [3.63, 3.8) is 0 Å². The van der Waals surface area contributed by atoms with Gasteiger partial charge in [-0.1, -0.05) is 42.5 Å². The molecule has 3 aromatic rings. The second kappa shape index (κ2) is 7.17. The van der Waals surface area contributed by atoms with Crippen molar-refractivity contribution >= 4 is 11.9 Å². The number of ether oxygens (including phenoxy) is 1. The van der Waals surface area contributed by atoms with Gasteiger partial charge in [0.15, 0.2) is 6.61 Å². The highest BCUT2D eigenvalue weighted by molar-refractivity contribution is 5.90. The van der Waals surface area contributed by atoms with Crippen molar-refractivity contribution in [2.24, 2.45) is 0 Å². The summed E-state index contributed by atoms with van der Waals surface area (Å²) in [5, 5.41) is 2.56. The van der Waals surface area contributed by atoms with Crippen LogP contribution in [0.25, 0.3) is 11.1 Å². The van der Waals surface area contributed by atoms with Crippen LogP contribution < -0.4 is 10.1 Å². The topological polar surface area (TPSA) is 64.1 Å². The first-order chi connectivity index (χ1) is 11.3. The van der Waals surface area contributed by atoms with E-state index in [1.165, 1.54) is 0 Å². The molecular formula is C18H15N3O2. The Hall–Kier alpha value is -3.21. The molecule has 2 aromatic carbocycles. The molecule has 0 spiro atoms. The minimum absolute atomic E-state index is 0.0943. The SMILES string of the molecule is O=C(COc1ccc(-c2ccccc2)cc1)Nc1ncccn1. The summed E-state index contributed by atoms with van der Waals surface area (Å²) in [7, 11) is 0. The first-order valence-corrected chi connectivity index (χ1v) is 7.16. The molecule has 0 atom stereocenters. The number of hydrogen-bond acceptors (Lipinski definition) is 4. The molecule has 0 radical (unpaired) electrons. The molecule has 0 bridgehead atoms. The molecule has 1 heterocycles. The molecule has 1 amide bonds. The molecule has 0 fully saturated rings. The first kappa shape index (κ1) is 14.7. The zero-order chi connectivity index (χ0) is 15.9. The number of carbonyl (C=O) groups excluding carboxylic acids is 1. The third-order valence-electron chi connectivity index (χ3n) is 3.15. The van der Waals surface area contributed by atoms with Gasteiger partial charge < -0.3 is 4.74 Å². The van der Waals surface area contributed by atoms with Crippen LogP contribution >= 0.6 is 0 Å². The van der Waals surface area contributed by atoms with Crippen LogP contribution in [-0.4, -0.2) is 22.5 Å². The Labute approximate surface area is 134 Å². The highest BCUT2D eigenvalue weighted by Gasteiger charge is 2.05. The Kier molecular flexibility index (Phi) is 4.59. The molecule has 0 aliphatic heterocycles. The summed E-state index contributed by atoms with van der Waals surface area (Å²) in [4.78, 5) is 19.6. The van der Waals surface area contributed by atoms with Crippen LogP contribution in [0.5, 0.6) is 5.75 Å². The van der Waals surface area contributed by atoms with Crippen LogP contribution in [0.3, 0.4) is 0 Å². The van der Waals surface area contributed by atoms with Gasteiger partial charge in [-0.25, -0.2) is 9.97 Å². The molecule has 23 heavy (non-hydrogen) atoms. The molecule has 5 nitrogen and oxygen atoms in total. The number of nitrogens with zero attached hydrogens (tertiary/aromatic N) is 2. The predicted molar refractivity (Wildman–Crippen MR) is 88.0 cm³/mol. The van der Waals surface area contributed by atoms with Crippen molar-refractivity contribution in [1.82, 2.24) is 9.97 Å². The molecule has 3 rings (SSSR count). The van der Waals surface area contributed by atoms with E-state index in [0.29, 0.717) is 5.75 Å². The zero-order valence-electron chi connectivity index (χ0n) is 12.3. The number of nitrogens with one attached hydrogen (secondary N) is 1. The Balaban J connectivity index is 1.55. The maximum absolute atomic E-state index is 11.8. The van der Waals surface area contributed by atoms with Crippen LogP contribution in [0.2, 0.25) is 0 Å². The average Bonchev–Trinajstić information content (AvgIpc) is 2.62. The van der Waals surface area contributed by atoms with E-state index < -0.39 is 0 Å². The molecule has 0 unspecified atom stereocenters. The van der Waals surface area contributed by atoms with Crippen molar-refractivity contribution in [3.8, 4) is 16.9 Å². The Morgan fingerprint density at radius 3 is 2.22 bits per heavy atom. The molecule has 5 heteroatoms. The van der Waals surface area contributed by atoms with Crippen molar-refractivity contribution in [1.29, 1.82) is 0 Å². The maximum Gasteiger partial charge on any atom is 0.264 e. The van der Waals surface area contributed by atoms with E-state index in [1.807, 2.05) is 54.6 Å². The fourth-order valence-electron chi connectivity index (χ4n) is 2.05. The van der Waals surface area contributed by atoms with Gasteiger partial charge in [0.2, 0.25) is 5.95 Å². The van der Waals surface area contributed by atoms with E-state index >= 15 is 0 Å². The number of aromatic nitrogens is 2. The van der Waals surface area contributed by atoms with Crippen LogP contribution in [0.15, 0.2) is 73.1 Å². The van der Waals surface area contributed by atoms with Gasteiger partial charge in [-0.15, -0.1) is 0 Å². The largest absolute Gasteiger partial charge is 0.484 e. The number of amides is 1. The van der Waals surface area contributed by atoms with Gasteiger partial charge in [0.1, 0.15) is 5.75 Å². The fourth-order valence-corrected chi connectivity index (χ4v) is 2.05. The molecule has 1 aromatic heterocycles. The maximum atomic E-state index is 11.8. The Bertz CT molecular complexity index is 759. The van der Waals surface area contributed by atoms with Crippen LogP contribution in [-0.2, 0) is 4.79 Å². The number of benzene rings is 2. The predicted octanol–water partition coefficient (Wildman–Crippen LogP) is 3.16. The van der Waals surface area contributed by atoms with Gasteiger partial charge in [0.05, 0.1) is 0 Å². The summed E-state index contributed by atoms with van der Waals surface area (Å²) in [5.74, 6) is 0.595. The molecule has 114 valence electrons. The summed E-state index contributed by atoms with van der Waals surface area (Å²) >= 11 is 0. The van der Waals surface area contributed by atoms with Crippen molar-refractivity contribution < 1.29 is 9.53 Å². The van der Waals surface area contributed by atoms with Crippen molar-refractivity contribution in [2.45, 2.75) is 0 Å². The molecule has 0 aliphatic carbocycles. The van der Waals surface area contributed by atoms with E-state index in [2.05, 4.69) is 15.3 Å². The molecule has 1 N–H and O–H groups in total. The number of hydrogen-bond donors (Lipinski definition) is 1. The smallest absolute Gasteiger partial charge is 0.264 e. The zero-order valence-corrected chi connectivity index (χ0v) is 12.3. The second-order valence-electron chi connectivity index (χ2n) is 4.80. The van der Waals surface area contributed by atoms with Crippen LogP contribution in [0.4, 0.5) is 5.95 Å². The second-order valence-corrected chi connectivity index (χ2v) is 4.80. The fraction of sp³-hybridized carbons (Fsp3) is 0.0556. The quantitative estimate of drug-likeness (QED) is 0.786. The normalized spacial score (nSPS) is 10.1. The summed E-state index contributed by atoms with van der Waals surface area (Å²) < 4.78 is 5.46. The lowest BCUT2D eigenvalue weighted by Gasteiger charge is -2.07. The number of anilines is 1. The summed E-state index contributed by atoms with van der Waals surface area (Å²) in [5.41, 5.74) is 2.23. The summed E-state index contributed by atoms with van der Waals surface area (Å²) in [6.45, 7) is -0.0943. The Morgan fingerprint density at radius 2 is 1.52 bits per heavy atom. The van der Waals surface area contributed by atoms with Crippen molar-refractivity contribution in [3.05, 3.63) is 73.1 Å². The molecule has 0 saturated heterocycles. The number of carbonyl (C=O) groups is 1.